The van der Waals surface area contributed by atoms with E-state index in [0.717, 1.165) is 5.69 Å². The number of carbonyl (C=O) groups excluding carboxylic acids is 1. The summed E-state index contributed by atoms with van der Waals surface area (Å²) in [4.78, 5) is 16.3. The van der Waals surface area contributed by atoms with Gasteiger partial charge in [-0.25, -0.2) is 0 Å². The normalized spacial score (nSPS) is 13.3. The van der Waals surface area contributed by atoms with Crippen molar-refractivity contribution < 1.29 is 4.79 Å². The molecule has 5 heteroatoms. The van der Waals surface area contributed by atoms with Crippen molar-refractivity contribution in [2.75, 3.05) is 10.6 Å². The number of nitrogens with zero attached hydrogens (tertiary/aromatic N) is 2. The van der Waals surface area contributed by atoms with Gasteiger partial charge in [0.2, 0.25) is 0 Å². The lowest BCUT2D eigenvalue weighted by atomic mass is 10.2. The van der Waals surface area contributed by atoms with Gasteiger partial charge in [-0.2, -0.15) is 5.26 Å². The molecule has 3 rings (SSSR count). The molecule has 1 aromatic heterocycles. The molecule has 0 radical (unpaired) electrons. The van der Waals surface area contributed by atoms with E-state index in [0.29, 0.717) is 23.0 Å². The molecule has 104 valence electrons. The Balaban J connectivity index is 1.77. The summed E-state index contributed by atoms with van der Waals surface area (Å²) in [5.74, 6) is -0.322. The maximum Gasteiger partial charge on any atom is 0.274 e. The van der Waals surface area contributed by atoms with Crippen LogP contribution >= 0.6 is 0 Å². The minimum Gasteiger partial charge on any atom is -0.382 e. The quantitative estimate of drug-likeness (QED) is 0.901. The molecule has 1 aromatic carbocycles. The predicted molar refractivity (Wildman–Crippen MR) is 80.0 cm³/mol. The van der Waals surface area contributed by atoms with E-state index < -0.39 is 0 Å². The lowest BCUT2D eigenvalue weighted by Crippen LogP contribution is -2.15. The molecule has 1 aliphatic rings. The number of para-hydroxylation sites is 1. The van der Waals surface area contributed by atoms with Gasteiger partial charge < -0.3 is 10.6 Å². The van der Waals surface area contributed by atoms with E-state index in [-0.39, 0.29) is 5.91 Å². The Morgan fingerprint density at radius 3 is 2.86 bits per heavy atom. The first-order valence-corrected chi connectivity index (χ1v) is 6.79. The van der Waals surface area contributed by atoms with Gasteiger partial charge in [0.15, 0.2) is 0 Å². The number of anilines is 2. The molecule has 1 heterocycles. The highest BCUT2D eigenvalue weighted by Crippen LogP contribution is 2.24. The lowest BCUT2D eigenvalue weighted by Gasteiger charge is -2.08. The molecule has 21 heavy (non-hydrogen) atoms. The third kappa shape index (κ3) is 3.18. The summed E-state index contributed by atoms with van der Waals surface area (Å²) in [6.07, 6.45) is 3.94. The maximum atomic E-state index is 12.2. The summed E-state index contributed by atoms with van der Waals surface area (Å²) >= 11 is 0. The first kappa shape index (κ1) is 13.1. The van der Waals surface area contributed by atoms with Crippen LogP contribution in [0.2, 0.25) is 0 Å². The summed E-state index contributed by atoms with van der Waals surface area (Å²) in [7, 11) is 0. The third-order valence-corrected chi connectivity index (χ3v) is 3.24. The number of nitrogens with one attached hydrogen (secondary N) is 2. The summed E-state index contributed by atoms with van der Waals surface area (Å²) in [5.41, 5.74) is 2.14. The van der Waals surface area contributed by atoms with Gasteiger partial charge in [-0.05, 0) is 37.1 Å². The number of aromatic nitrogens is 1. The van der Waals surface area contributed by atoms with Gasteiger partial charge in [0.1, 0.15) is 11.8 Å². The van der Waals surface area contributed by atoms with Gasteiger partial charge in [0.25, 0.3) is 5.91 Å². The van der Waals surface area contributed by atoms with E-state index >= 15 is 0 Å². The molecule has 0 bridgehead atoms. The first-order chi connectivity index (χ1) is 10.3. The molecule has 0 unspecified atom stereocenters. The highest BCUT2D eigenvalue weighted by Gasteiger charge is 2.21. The number of carbonyl (C=O) groups is 1. The molecule has 0 atom stereocenters. The molecule has 1 aliphatic carbocycles. The number of rotatable bonds is 4. The molecular weight excluding hydrogens is 264 g/mol. The van der Waals surface area contributed by atoms with Crippen LogP contribution < -0.4 is 10.6 Å². The molecule has 0 aliphatic heterocycles. The van der Waals surface area contributed by atoms with Gasteiger partial charge in [0.05, 0.1) is 11.3 Å². The lowest BCUT2D eigenvalue weighted by molar-refractivity contribution is 0.102. The van der Waals surface area contributed by atoms with Crippen molar-refractivity contribution in [3.8, 4) is 6.07 Å². The van der Waals surface area contributed by atoms with Gasteiger partial charge in [-0.3, -0.25) is 9.78 Å². The molecule has 0 spiro atoms. The second-order valence-electron chi connectivity index (χ2n) is 4.96. The largest absolute Gasteiger partial charge is 0.382 e. The van der Waals surface area contributed by atoms with Crippen LogP contribution in [0.5, 0.6) is 0 Å². The second kappa shape index (κ2) is 5.63. The van der Waals surface area contributed by atoms with Gasteiger partial charge >= 0.3 is 0 Å². The molecule has 1 amide bonds. The first-order valence-electron chi connectivity index (χ1n) is 6.79. The molecule has 1 fully saturated rings. The summed E-state index contributed by atoms with van der Waals surface area (Å²) in [6, 6.07) is 13.0. The molecule has 2 aromatic rings. The SMILES string of the molecule is N#Cc1ccccc1NC(=O)c1cc(NC2CC2)ccn1. The zero-order chi connectivity index (χ0) is 14.7. The van der Waals surface area contributed by atoms with Crippen molar-refractivity contribution in [1.29, 1.82) is 5.26 Å². The van der Waals surface area contributed by atoms with E-state index in [1.54, 1.807) is 36.5 Å². The van der Waals surface area contributed by atoms with E-state index in [4.69, 9.17) is 5.26 Å². The van der Waals surface area contributed by atoms with Gasteiger partial charge in [-0.1, -0.05) is 12.1 Å². The fraction of sp³-hybridized carbons (Fsp3) is 0.188. The zero-order valence-corrected chi connectivity index (χ0v) is 11.3. The fourth-order valence-corrected chi connectivity index (χ4v) is 1.98. The topological polar surface area (TPSA) is 77.8 Å². The van der Waals surface area contributed by atoms with Crippen LogP contribution in [0.4, 0.5) is 11.4 Å². The Labute approximate surface area is 122 Å². The van der Waals surface area contributed by atoms with Crippen molar-refractivity contribution in [3.63, 3.8) is 0 Å². The number of hydrogen-bond donors (Lipinski definition) is 2. The maximum absolute atomic E-state index is 12.2. The van der Waals surface area contributed by atoms with Crippen molar-refractivity contribution in [3.05, 3.63) is 53.9 Å². The average Bonchev–Trinajstić information content (AvgIpc) is 3.32. The summed E-state index contributed by atoms with van der Waals surface area (Å²) in [5, 5.41) is 15.1. The Hall–Kier alpha value is -2.87. The number of pyridine rings is 1. The smallest absolute Gasteiger partial charge is 0.274 e. The Morgan fingerprint density at radius 2 is 2.10 bits per heavy atom. The summed E-state index contributed by atoms with van der Waals surface area (Å²) in [6.45, 7) is 0. The van der Waals surface area contributed by atoms with Crippen LogP contribution in [0.3, 0.4) is 0 Å². The molecule has 1 saturated carbocycles. The standard InChI is InChI=1S/C16H14N4O/c17-10-11-3-1-2-4-14(11)20-16(21)15-9-13(7-8-18-15)19-12-5-6-12/h1-4,7-9,12H,5-6H2,(H,18,19)(H,20,21). The Kier molecular flexibility index (Phi) is 3.52. The molecule has 2 N–H and O–H groups in total. The van der Waals surface area contributed by atoms with Crippen LogP contribution in [0, 0.1) is 11.3 Å². The average molecular weight is 278 g/mol. The van der Waals surface area contributed by atoms with Crippen molar-refractivity contribution in [2.45, 2.75) is 18.9 Å². The monoisotopic (exact) mass is 278 g/mol. The third-order valence-electron chi connectivity index (χ3n) is 3.24. The number of nitriles is 1. The van der Waals surface area contributed by atoms with Crippen LogP contribution in [0.15, 0.2) is 42.6 Å². The van der Waals surface area contributed by atoms with Crippen molar-refractivity contribution in [2.24, 2.45) is 0 Å². The van der Waals surface area contributed by atoms with E-state index in [1.807, 2.05) is 6.07 Å². The number of amides is 1. The Morgan fingerprint density at radius 1 is 1.29 bits per heavy atom. The van der Waals surface area contributed by atoms with Crippen LogP contribution in [0.25, 0.3) is 0 Å². The van der Waals surface area contributed by atoms with E-state index in [2.05, 4.69) is 21.7 Å². The number of hydrogen-bond acceptors (Lipinski definition) is 4. The molecule has 0 saturated heterocycles. The zero-order valence-electron chi connectivity index (χ0n) is 11.3. The minimum atomic E-state index is -0.322. The van der Waals surface area contributed by atoms with Crippen molar-refractivity contribution >= 4 is 17.3 Å². The van der Waals surface area contributed by atoms with E-state index in [1.165, 1.54) is 12.8 Å². The molecular formula is C16H14N4O. The van der Waals surface area contributed by atoms with Crippen LogP contribution in [-0.4, -0.2) is 16.9 Å². The predicted octanol–water partition coefficient (Wildman–Crippen LogP) is 2.78. The van der Waals surface area contributed by atoms with Gasteiger partial charge in [0, 0.05) is 17.9 Å². The highest BCUT2D eigenvalue weighted by atomic mass is 16.1. The van der Waals surface area contributed by atoms with Crippen molar-refractivity contribution in [1.82, 2.24) is 4.98 Å². The fourth-order valence-electron chi connectivity index (χ4n) is 1.98. The molecule has 5 nitrogen and oxygen atoms in total. The second-order valence-corrected chi connectivity index (χ2v) is 4.96. The highest BCUT2D eigenvalue weighted by molar-refractivity contribution is 6.04. The number of benzene rings is 1. The van der Waals surface area contributed by atoms with Gasteiger partial charge in [-0.15, -0.1) is 0 Å². The van der Waals surface area contributed by atoms with E-state index in [9.17, 15) is 4.79 Å². The van der Waals surface area contributed by atoms with Crippen LogP contribution in [0.1, 0.15) is 28.9 Å². The Bertz CT molecular complexity index is 716. The minimum absolute atomic E-state index is 0.322. The summed E-state index contributed by atoms with van der Waals surface area (Å²) < 4.78 is 0. The van der Waals surface area contributed by atoms with Crippen LogP contribution in [-0.2, 0) is 0 Å².